The second-order valence-electron chi connectivity index (χ2n) is 5.02. The molecule has 0 bridgehead atoms. The number of nitrogens with one attached hydrogen (secondary N) is 2. The van der Waals surface area contributed by atoms with Gasteiger partial charge >= 0.3 is 0 Å². The molecule has 0 spiro atoms. The van der Waals surface area contributed by atoms with Crippen LogP contribution in [0, 0.1) is 0 Å². The largest absolute Gasteiger partial charge is 0.315 e. The zero-order chi connectivity index (χ0) is 14.0. The van der Waals surface area contributed by atoms with E-state index in [9.17, 15) is 8.42 Å². The summed E-state index contributed by atoms with van der Waals surface area (Å²) in [6.45, 7) is 1.41. The maximum Gasteiger partial charge on any atom is 0.236 e. The lowest BCUT2D eigenvalue weighted by atomic mass is 10.1. The Morgan fingerprint density at radius 1 is 1.30 bits per heavy atom. The Bertz CT molecular complexity index is 704. The van der Waals surface area contributed by atoms with Crippen LogP contribution in [0.15, 0.2) is 36.7 Å². The smallest absolute Gasteiger partial charge is 0.236 e. The van der Waals surface area contributed by atoms with Crippen molar-refractivity contribution in [1.29, 1.82) is 0 Å². The first kappa shape index (κ1) is 13.3. The maximum atomic E-state index is 12.4. The van der Waals surface area contributed by atoms with Crippen LogP contribution in [0.25, 0.3) is 10.8 Å². The SMILES string of the molecule is O=S(=O)(Nc1cccc2cnccc12)C1CCCNC1. The number of hydrogen-bond acceptors (Lipinski definition) is 4. The molecular weight excluding hydrogens is 274 g/mol. The summed E-state index contributed by atoms with van der Waals surface area (Å²) in [5, 5.41) is 4.56. The van der Waals surface area contributed by atoms with Gasteiger partial charge in [-0.05, 0) is 31.5 Å². The lowest BCUT2D eigenvalue weighted by Gasteiger charge is -2.23. The number of anilines is 1. The average Bonchev–Trinajstić information content (AvgIpc) is 2.48. The zero-order valence-corrected chi connectivity index (χ0v) is 11.9. The Balaban J connectivity index is 1.92. The summed E-state index contributed by atoms with van der Waals surface area (Å²) in [6, 6.07) is 7.37. The molecule has 1 aromatic heterocycles. The molecule has 1 unspecified atom stereocenters. The zero-order valence-electron chi connectivity index (χ0n) is 11.0. The highest BCUT2D eigenvalue weighted by atomic mass is 32.2. The van der Waals surface area contributed by atoms with E-state index < -0.39 is 10.0 Å². The topological polar surface area (TPSA) is 71.1 Å². The second kappa shape index (κ2) is 5.38. The molecule has 1 aliphatic rings. The molecule has 1 saturated heterocycles. The van der Waals surface area contributed by atoms with Crippen molar-refractivity contribution in [3.05, 3.63) is 36.7 Å². The molecule has 0 saturated carbocycles. The van der Waals surface area contributed by atoms with Crippen molar-refractivity contribution < 1.29 is 8.42 Å². The molecule has 3 rings (SSSR count). The summed E-state index contributed by atoms with van der Waals surface area (Å²) in [4.78, 5) is 4.05. The van der Waals surface area contributed by atoms with Crippen LogP contribution in [0.3, 0.4) is 0 Å². The number of aromatic nitrogens is 1. The first-order chi connectivity index (χ1) is 9.67. The number of hydrogen-bond donors (Lipinski definition) is 2. The van der Waals surface area contributed by atoms with Gasteiger partial charge in [-0.1, -0.05) is 12.1 Å². The minimum atomic E-state index is -3.36. The molecule has 0 aliphatic carbocycles. The number of piperidine rings is 1. The van der Waals surface area contributed by atoms with E-state index in [0.717, 1.165) is 23.7 Å². The third-order valence-electron chi connectivity index (χ3n) is 3.62. The number of pyridine rings is 1. The molecule has 0 amide bonds. The normalized spacial score (nSPS) is 19.9. The van der Waals surface area contributed by atoms with E-state index in [1.165, 1.54) is 0 Å². The van der Waals surface area contributed by atoms with Gasteiger partial charge in [-0.25, -0.2) is 8.42 Å². The van der Waals surface area contributed by atoms with E-state index in [1.54, 1.807) is 18.5 Å². The summed E-state index contributed by atoms with van der Waals surface area (Å²) < 4.78 is 27.6. The third kappa shape index (κ3) is 2.62. The molecular formula is C14H17N3O2S. The fourth-order valence-electron chi connectivity index (χ4n) is 2.53. The van der Waals surface area contributed by atoms with Crippen molar-refractivity contribution in [2.75, 3.05) is 17.8 Å². The van der Waals surface area contributed by atoms with Crippen LogP contribution in [0.2, 0.25) is 0 Å². The van der Waals surface area contributed by atoms with E-state index in [0.29, 0.717) is 18.7 Å². The van der Waals surface area contributed by atoms with E-state index in [1.807, 2.05) is 18.2 Å². The molecule has 0 radical (unpaired) electrons. The summed E-state index contributed by atoms with van der Waals surface area (Å²) in [5.41, 5.74) is 0.621. The van der Waals surface area contributed by atoms with Crippen molar-refractivity contribution in [3.63, 3.8) is 0 Å². The van der Waals surface area contributed by atoms with E-state index >= 15 is 0 Å². The molecule has 2 aromatic rings. The number of rotatable bonds is 3. The molecule has 5 nitrogen and oxygen atoms in total. The van der Waals surface area contributed by atoms with Gasteiger partial charge in [0.15, 0.2) is 0 Å². The second-order valence-corrected chi connectivity index (χ2v) is 6.98. The Hall–Kier alpha value is -1.66. The quantitative estimate of drug-likeness (QED) is 0.903. The predicted molar refractivity (Wildman–Crippen MR) is 80.2 cm³/mol. The van der Waals surface area contributed by atoms with Crippen molar-refractivity contribution >= 4 is 26.5 Å². The number of nitrogens with zero attached hydrogens (tertiary/aromatic N) is 1. The van der Waals surface area contributed by atoms with Gasteiger partial charge in [-0.15, -0.1) is 0 Å². The number of benzene rings is 1. The van der Waals surface area contributed by atoms with Crippen LogP contribution in [-0.2, 0) is 10.0 Å². The molecule has 2 heterocycles. The average molecular weight is 291 g/mol. The third-order valence-corrected chi connectivity index (χ3v) is 5.41. The van der Waals surface area contributed by atoms with E-state index in [2.05, 4.69) is 15.0 Å². The summed E-state index contributed by atoms with van der Waals surface area (Å²) >= 11 is 0. The Morgan fingerprint density at radius 2 is 2.20 bits per heavy atom. The van der Waals surface area contributed by atoms with Gasteiger partial charge in [-0.3, -0.25) is 9.71 Å². The predicted octanol–water partition coefficient (Wildman–Crippen LogP) is 1.73. The number of fused-ring (bicyclic) bond motifs is 1. The summed E-state index contributed by atoms with van der Waals surface area (Å²) in [6.07, 6.45) is 5.00. The fourth-order valence-corrected chi connectivity index (χ4v) is 4.00. The maximum absolute atomic E-state index is 12.4. The van der Waals surface area contributed by atoms with Gasteiger partial charge in [0.2, 0.25) is 10.0 Å². The van der Waals surface area contributed by atoms with Crippen LogP contribution < -0.4 is 10.0 Å². The van der Waals surface area contributed by atoms with Gasteiger partial charge in [0.25, 0.3) is 0 Å². The van der Waals surface area contributed by atoms with E-state index in [4.69, 9.17) is 0 Å². The highest BCUT2D eigenvalue weighted by Crippen LogP contribution is 2.24. The molecule has 1 fully saturated rings. The van der Waals surface area contributed by atoms with Crippen LogP contribution in [0.5, 0.6) is 0 Å². The standard InChI is InChI=1S/C14H17N3O2S/c18-20(19,12-4-2-7-15-10-12)17-14-5-1-3-11-9-16-8-6-13(11)14/h1,3,5-6,8-9,12,15,17H,2,4,7,10H2. The minimum Gasteiger partial charge on any atom is -0.315 e. The van der Waals surface area contributed by atoms with Crippen molar-refractivity contribution in [2.45, 2.75) is 18.1 Å². The Morgan fingerprint density at radius 3 is 3.00 bits per heavy atom. The molecule has 1 atom stereocenters. The van der Waals surface area contributed by atoms with Gasteiger partial charge in [0, 0.05) is 29.7 Å². The highest BCUT2D eigenvalue weighted by molar-refractivity contribution is 7.93. The van der Waals surface area contributed by atoms with Crippen molar-refractivity contribution in [2.24, 2.45) is 0 Å². The first-order valence-electron chi connectivity index (χ1n) is 6.72. The monoisotopic (exact) mass is 291 g/mol. The van der Waals surface area contributed by atoms with Gasteiger partial charge < -0.3 is 5.32 Å². The Kier molecular flexibility index (Phi) is 3.58. The Labute approximate surface area is 118 Å². The van der Waals surface area contributed by atoms with Gasteiger partial charge in [-0.2, -0.15) is 0 Å². The van der Waals surface area contributed by atoms with Crippen LogP contribution in [0.4, 0.5) is 5.69 Å². The lowest BCUT2D eigenvalue weighted by molar-refractivity contribution is 0.499. The summed E-state index contributed by atoms with van der Waals surface area (Å²) in [5.74, 6) is 0. The molecule has 20 heavy (non-hydrogen) atoms. The molecule has 106 valence electrons. The number of sulfonamides is 1. The molecule has 6 heteroatoms. The van der Waals surface area contributed by atoms with Crippen LogP contribution >= 0.6 is 0 Å². The van der Waals surface area contributed by atoms with Crippen molar-refractivity contribution in [1.82, 2.24) is 10.3 Å². The van der Waals surface area contributed by atoms with Crippen LogP contribution in [0.1, 0.15) is 12.8 Å². The van der Waals surface area contributed by atoms with Crippen LogP contribution in [-0.4, -0.2) is 31.7 Å². The molecule has 2 N–H and O–H groups in total. The van der Waals surface area contributed by atoms with E-state index in [-0.39, 0.29) is 5.25 Å². The van der Waals surface area contributed by atoms with Crippen molar-refractivity contribution in [3.8, 4) is 0 Å². The molecule has 1 aromatic carbocycles. The fraction of sp³-hybridized carbons (Fsp3) is 0.357. The van der Waals surface area contributed by atoms with Gasteiger partial charge in [0.1, 0.15) is 0 Å². The first-order valence-corrected chi connectivity index (χ1v) is 8.26. The minimum absolute atomic E-state index is 0.367. The molecule has 1 aliphatic heterocycles. The highest BCUT2D eigenvalue weighted by Gasteiger charge is 2.27. The summed E-state index contributed by atoms with van der Waals surface area (Å²) in [7, 11) is -3.36. The van der Waals surface area contributed by atoms with Gasteiger partial charge in [0.05, 0.1) is 10.9 Å². The lowest BCUT2D eigenvalue weighted by Crippen LogP contribution is -2.41.